The van der Waals surface area contributed by atoms with Crippen LogP contribution in [-0.4, -0.2) is 55.3 Å². The molecule has 35 heavy (non-hydrogen) atoms. The van der Waals surface area contributed by atoms with Gasteiger partial charge >= 0.3 is 0 Å². The molecule has 0 bridgehead atoms. The fraction of sp³-hybridized carbons (Fsp3) is 0.379. The maximum Gasteiger partial charge on any atom is 0.233 e. The molecule has 6 nitrogen and oxygen atoms in total. The summed E-state index contributed by atoms with van der Waals surface area (Å²) >= 11 is 0. The van der Waals surface area contributed by atoms with Crippen LogP contribution in [0.25, 0.3) is 11.6 Å². The SMILES string of the molecule is COCC1=C2[C@@H](CC/C(=C/c3ccc(O)cc3)c3ccccc3)OC[C@@H]2[C@@H]2C(=O)N(C)C(=O)[C@@H]2C1. The number of nitrogens with zero attached hydrogens (tertiary/aromatic N) is 1. The second-order valence-electron chi connectivity index (χ2n) is 9.66. The molecule has 0 unspecified atom stereocenters. The average Bonchev–Trinajstić information content (AvgIpc) is 3.39. The zero-order valence-corrected chi connectivity index (χ0v) is 20.1. The minimum absolute atomic E-state index is 0.0634. The quantitative estimate of drug-likeness (QED) is 0.369. The number of fused-ring (bicyclic) bond motifs is 3. The van der Waals surface area contributed by atoms with Crippen molar-refractivity contribution in [3.8, 4) is 5.75 Å². The van der Waals surface area contributed by atoms with Gasteiger partial charge < -0.3 is 14.6 Å². The van der Waals surface area contributed by atoms with Crippen LogP contribution in [0.15, 0.2) is 65.7 Å². The zero-order valence-electron chi connectivity index (χ0n) is 20.1. The van der Waals surface area contributed by atoms with Crippen molar-refractivity contribution in [3.05, 3.63) is 76.9 Å². The van der Waals surface area contributed by atoms with E-state index < -0.39 is 0 Å². The Balaban J connectivity index is 1.42. The van der Waals surface area contributed by atoms with E-state index in [-0.39, 0.29) is 41.4 Å². The lowest BCUT2D eigenvalue weighted by atomic mass is 9.69. The maximum absolute atomic E-state index is 12.9. The Hall–Kier alpha value is -3.22. The molecule has 2 saturated heterocycles. The van der Waals surface area contributed by atoms with Gasteiger partial charge in [-0.05, 0) is 59.2 Å². The molecular weight excluding hydrogens is 442 g/mol. The molecule has 1 aliphatic carbocycles. The Morgan fingerprint density at radius 1 is 1.09 bits per heavy atom. The minimum atomic E-state index is -0.325. The standard InChI is InChI=1S/C29H31NO5/c1-30-28(32)23-15-21(16-34-2)26-24(27(23)29(30)33)17-35-25(26)13-10-20(19-6-4-3-5-7-19)14-18-8-11-22(31)12-9-18/h3-9,11-12,14,23-25,27,31H,10,13,15-17H2,1-2H3/b20-14-/t23-,24+,25-,27-/m1/s1. The van der Waals surface area contributed by atoms with Gasteiger partial charge in [-0.25, -0.2) is 0 Å². The van der Waals surface area contributed by atoms with E-state index in [2.05, 4.69) is 18.2 Å². The van der Waals surface area contributed by atoms with Crippen LogP contribution in [0, 0.1) is 17.8 Å². The molecule has 5 rings (SSSR count). The second-order valence-corrected chi connectivity index (χ2v) is 9.66. The number of aromatic hydroxyl groups is 1. The fourth-order valence-corrected chi connectivity index (χ4v) is 5.95. The summed E-state index contributed by atoms with van der Waals surface area (Å²) in [7, 11) is 3.26. The normalized spacial score (nSPS) is 26.3. The molecule has 0 radical (unpaired) electrons. The van der Waals surface area contributed by atoms with Gasteiger partial charge in [-0.15, -0.1) is 0 Å². The van der Waals surface area contributed by atoms with Crippen molar-refractivity contribution in [2.24, 2.45) is 17.8 Å². The molecule has 2 aromatic rings. The molecule has 2 fully saturated rings. The van der Waals surface area contributed by atoms with Gasteiger partial charge in [0, 0.05) is 20.1 Å². The van der Waals surface area contributed by atoms with Crippen LogP contribution in [0.2, 0.25) is 0 Å². The van der Waals surface area contributed by atoms with Gasteiger partial charge in [0.25, 0.3) is 0 Å². The zero-order chi connectivity index (χ0) is 24.5. The highest BCUT2D eigenvalue weighted by molar-refractivity contribution is 6.05. The van der Waals surface area contributed by atoms with Gasteiger partial charge in [-0.2, -0.15) is 0 Å². The van der Waals surface area contributed by atoms with E-state index in [0.717, 1.165) is 29.5 Å². The van der Waals surface area contributed by atoms with Crippen molar-refractivity contribution in [1.82, 2.24) is 4.90 Å². The predicted octanol–water partition coefficient (Wildman–Crippen LogP) is 4.31. The lowest BCUT2D eigenvalue weighted by Gasteiger charge is -2.31. The van der Waals surface area contributed by atoms with Gasteiger partial charge in [0.05, 0.1) is 31.2 Å². The van der Waals surface area contributed by atoms with Crippen molar-refractivity contribution < 1.29 is 24.2 Å². The molecular formula is C29H31NO5. The van der Waals surface area contributed by atoms with Crippen molar-refractivity contribution in [1.29, 1.82) is 0 Å². The molecule has 6 heteroatoms. The largest absolute Gasteiger partial charge is 0.508 e. The van der Waals surface area contributed by atoms with Crippen molar-refractivity contribution >= 4 is 23.5 Å². The average molecular weight is 474 g/mol. The number of allylic oxidation sites excluding steroid dienone is 1. The first-order valence-electron chi connectivity index (χ1n) is 12.2. The number of likely N-dealkylation sites (tertiary alicyclic amines) is 1. The van der Waals surface area contributed by atoms with Gasteiger partial charge in [0.1, 0.15) is 5.75 Å². The minimum Gasteiger partial charge on any atom is -0.508 e. The summed E-state index contributed by atoms with van der Waals surface area (Å²) in [6.45, 7) is 0.915. The van der Waals surface area contributed by atoms with E-state index in [0.29, 0.717) is 19.6 Å². The van der Waals surface area contributed by atoms with Crippen LogP contribution in [0.4, 0.5) is 0 Å². The third-order valence-electron chi connectivity index (χ3n) is 7.60. The summed E-state index contributed by atoms with van der Waals surface area (Å²) < 4.78 is 11.8. The van der Waals surface area contributed by atoms with E-state index in [9.17, 15) is 14.7 Å². The molecule has 2 heterocycles. The second kappa shape index (κ2) is 9.80. The number of ether oxygens (including phenoxy) is 2. The molecule has 2 aromatic carbocycles. The van der Waals surface area contributed by atoms with Crippen molar-refractivity contribution in [2.75, 3.05) is 27.4 Å². The van der Waals surface area contributed by atoms with Crippen LogP contribution >= 0.6 is 0 Å². The topological polar surface area (TPSA) is 76.1 Å². The molecule has 2 amide bonds. The van der Waals surface area contributed by atoms with E-state index in [1.54, 1.807) is 26.3 Å². The van der Waals surface area contributed by atoms with Gasteiger partial charge in [0.15, 0.2) is 0 Å². The van der Waals surface area contributed by atoms with Crippen LogP contribution in [0.3, 0.4) is 0 Å². The van der Waals surface area contributed by atoms with Gasteiger partial charge in [0.2, 0.25) is 11.8 Å². The third-order valence-corrected chi connectivity index (χ3v) is 7.60. The summed E-state index contributed by atoms with van der Waals surface area (Å²) in [5.74, 6) is -0.615. The van der Waals surface area contributed by atoms with Crippen LogP contribution < -0.4 is 0 Å². The monoisotopic (exact) mass is 473 g/mol. The number of carbonyl (C=O) groups excluding carboxylic acids is 2. The first kappa shape index (κ1) is 23.5. The predicted molar refractivity (Wildman–Crippen MR) is 133 cm³/mol. The van der Waals surface area contributed by atoms with Crippen molar-refractivity contribution in [2.45, 2.75) is 25.4 Å². The summed E-state index contributed by atoms with van der Waals surface area (Å²) in [5.41, 5.74) is 5.62. The van der Waals surface area contributed by atoms with Gasteiger partial charge in [-0.1, -0.05) is 48.5 Å². The molecule has 182 valence electrons. The number of phenolic OH excluding ortho intramolecular Hbond substituents is 1. The Morgan fingerprint density at radius 3 is 2.54 bits per heavy atom. The Morgan fingerprint density at radius 2 is 1.83 bits per heavy atom. The molecule has 0 saturated carbocycles. The van der Waals surface area contributed by atoms with Crippen LogP contribution in [0.1, 0.15) is 30.4 Å². The summed E-state index contributed by atoms with van der Waals surface area (Å²) in [6.07, 6.45) is 4.16. The first-order valence-corrected chi connectivity index (χ1v) is 12.2. The molecule has 4 atom stereocenters. The number of hydrogen-bond donors (Lipinski definition) is 1. The molecule has 1 N–H and O–H groups in total. The van der Waals surface area contributed by atoms with Gasteiger partial charge in [-0.3, -0.25) is 14.5 Å². The first-order chi connectivity index (χ1) is 17.0. The van der Waals surface area contributed by atoms with Crippen LogP contribution in [0.5, 0.6) is 5.75 Å². The Bertz CT molecular complexity index is 1170. The number of imide groups is 1. The number of amides is 2. The Kier molecular flexibility index (Phi) is 6.58. The molecule has 0 aromatic heterocycles. The highest BCUT2D eigenvalue weighted by atomic mass is 16.5. The summed E-state index contributed by atoms with van der Waals surface area (Å²) in [5, 5.41) is 9.65. The number of phenols is 1. The Labute approximate surface area is 205 Å². The number of hydrogen-bond acceptors (Lipinski definition) is 5. The number of methoxy groups -OCH3 is 1. The maximum atomic E-state index is 12.9. The van der Waals surface area contributed by atoms with E-state index in [4.69, 9.17) is 9.47 Å². The van der Waals surface area contributed by atoms with Crippen LogP contribution in [-0.2, 0) is 19.1 Å². The molecule has 3 aliphatic rings. The number of rotatable bonds is 7. The highest BCUT2D eigenvalue weighted by Crippen LogP contribution is 2.49. The summed E-state index contributed by atoms with van der Waals surface area (Å²) in [6, 6.07) is 17.5. The van der Waals surface area contributed by atoms with E-state index >= 15 is 0 Å². The fourth-order valence-electron chi connectivity index (χ4n) is 5.95. The smallest absolute Gasteiger partial charge is 0.233 e. The highest BCUT2D eigenvalue weighted by Gasteiger charge is 2.55. The third kappa shape index (κ3) is 4.44. The lowest BCUT2D eigenvalue weighted by Crippen LogP contribution is -2.34. The number of carbonyl (C=O) groups is 2. The summed E-state index contributed by atoms with van der Waals surface area (Å²) in [4.78, 5) is 26.9. The molecule has 0 spiro atoms. The molecule has 2 aliphatic heterocycles. The van der Waals surface area contributed by atoms with E-state index in [1.165, 1.54) is 16.0 Å². The number of benzene rings is 2. The van der Waals surface area contributed by atoms with E-state index in [1.807, 2.05) is 30.3 Å². The lowest BCUT2D eigenvalue weighted by molar-refractivity contribution is -0.138. The van der Waals surface area contributed by atoms with Crippen molar-refractivity contribution in [3.63, 3.8) is 0 Å².